The summed E-state index contributed by atoms with van der Waals surface area (Å²) in [6.45, 7) is 2.34. The maximum Gasteiger partial charge on any atom is 0 e. The van der Waals surface area contributed by atoms with Crippen molar-refractivity contribution in [3.63, 3.8) is 0 Å². The van der Waals surface area contributed by atoms with Gasteiger partial charge in [0.15, 0.2) is 0 Å². The minimum Gasteiger partial charge on any atom is -0.346 e. The van der Waals surface area contributed by atoms with Crippen molar-refractivity contribution in [3.05, 3.63) is 6.42 Å². The van der Waals surface area contributed by atoms with E-state index in [0.717, 1.165) is 6.54 Å². The van der Waals surface area contributed by atoms with Gasteiger partial charge in [0.25, 0.3) is 0 Å². The molecule has 1 aliphatic rings. The van der Waals surface area contributed by atoms with E-state index in [1.54, 1.807) is 0 Å². The molecule has 0 aliphatic carbocycles. The molecule has 0 amide bonds. The summed E-state index contributed by atoms with van der Waals surface area (Å²) < 4.78 is 0. The molecule has 1 rings (SSSR count). The second-order valence-corrected chi connectivity index (χ2v) is 1.64. The summed E-state index contributed by atoms with van der Waals surface area (Å²) in [5.41, 5.74) is 0. The van der Waals surface area contributed by atoms with Crippen LogP contribution in [0.25, 0.3) is 0 Å². The van der Waals surface area contributed by atoms with E-state index in [0.29, 0.717) is 0 Å². The van der Waals surface area contributed by atoms with Crippen LogP contribution >= 0.6 is 0 Å². The fourth-order valence-corrected chi connectivity index (χ4v) is 0.678. The molecule has 1 radical (unpaired) electrons. The quantitative estimate of drug-likeness (QED) is 0.606. The Morgan fingerprint density at radius 3 is 2.43 bits per heavy atom. The topological polar surface area (TPSA) is 12.0 Å². The number of piperidine rings is 1. The van der Waals surface area contributed by atoms with E-state index < -0.39 is 0 Å². The first-order valence-corrected chi connectivity index (χ1v) is 2.52. The van der Waals surface area contributed by atoms with Gasteiger partial charge in [-0.05, 0) is 6.54 Å². The van der Waals surface area contributed by atoms with E-state index in [4.69, 9.17) is 0 Å². The molecule has 7 heavy (non-hydrogen) atoms. The minimum atomic E-state index is 0. The van der Waals surface area contributed by atoms with Crippen LogP contribution in [0.5, 0.6) is 0 Å². The maximum atomic E-state index is 3.23. The molecule has 0 aromatic heterocycles. The third-order valence-electron chi connectivity index (χ3n) is 1.05. The largest absolute Gasteiger partial charge is 0.346 e. The molecule has 1 saturated heterocycles. The summed E-state index contributed by atoms with van der Waals surface area (Å²) in [6, 6.07) is 0. The Hall–Kier alpha value is 1.54. The molecule has 0 spiro atoms. The van der Waals surface area contributed by atoms with Crippen LogP contribution in [0.15, 0.2) is 0 Å². The van der Waals surface area contributed by atoms with Gasteiger partial charge < -0.3 is 11.7 Å². The van der Waals surface area contributed by atoms with Crippen molar-refractivity contribution in [1.29, 1.82) is 0 Å². The van der Waals surface area contributed by atoms with Crippen LogP contribution in [0.2, 0.25) is 0 Å². The number of hydrogen-bond acceptors (Lipinski definition) is 1. The summed E-state index contributed by atoms with van der Waals surface area (Å²) >= 11 is 0. The van der Waals surface area contributed by atoms with Gasteiger partial charge in [-0.3, -0.25) is 0 Å². The molecule has 1 fully saturated rings. The van der Waals surface area contributed by atoms with E-state index in [1.165, 1.54) is 19.4 Å². The Labute approximate surface area is 85.8 Å². The monoisotopic (exact) mass is 237 g/mol. The first kappa shape index (κ1) is 8.54. The smallest absolute Gasteiger partial charge is 0 e. The summed E-state index contributed by atoms with van der Waals surface area (Å²) in [7, 11) is 0. The van der Waals surface area contributed by atoms with E-state index >= 15 is 0 Å². The van der Waals surface area contributed by atoms with Gasteiger partial charge in [-0.2, -0.15) is 6.42 Å². The van der Waals surface area contributed by atoms with Gasteiger partial charge in [0.05, 0.1) is 0 Å². The van der Waals surface area contributed by atoms with E-state index in [1.807, 2.05) is 0 Å². The summed E-state index contributed by atoms with van der Waals surface area (Å²) in [6.07, 6.45) is 4.93. The second-order valence-electron chi connectivity index (χ2n) is 1.64. The molecule has 0 saturated carbocycles. The van der Waals surface area contributed by atoms with Gasteiger partial charge >= 0.3 is 0 Å². The molecular formula is C5H10EuN-. The van der Waals surface area contributed by atoms with Gasteiger partial charge in [-0.15, -0.1) is 6.54 Å². The first-order chi connectivity index (χ1) is 3.00. The molecule has 0 unspecified atom stereocenters. The summed E-state index contributed by atoms with van der Waals surface area (Å²) in [5.74, 6) is 0. The second kappa shape index (κ2) is 5.68. The van der Waals surface area contributed by atoms with Crippen molar-refractivity contribution >= 4 is 0 Å². The van der Waals surface area contributed by atoms with Crippen LogP contribution < -0.4 is 5.32 Å². The van der Waals surface area contributed by atoms with Crippen molar-refractivity contribution in [1.82, 2.24) is 5.32 Å². The van der Waals surface area contributed by atoms with Crippen LogP contribution in [-0.4, -0.2) is 13.1 Å². The summed E-state index contributed by atoms with van der Waals surface area (Å²) in [4.78, 5) is 0. The molecule has 0 aromatic carbocycles. The molecule has 0 atom stereocenters. The zero-order chi connectivity index (χ0) is 4.24. The Balaban J connectivity index is 0.000000360. The molecule has 1 N–H and O–H groups in total. The molecule has 43 valence electrons. The molecular weight excluding hydrogens is 226 g/mol. The van der Waals surface area contributed by atoms with Crippen molar-refractivity contribution in [2.24, 2.45) is 0 Å². The van der Waals surface area contributed by atoms with Crippen LogP contribution in [0.4, 0.5) is 0 Å². The zero-order valence-corrected chi connectivity index (χ0v) is 6.71. The van der Waals surface area contributed by atoms with Crippen LogP contribution in [0, 0.1) is 55.8 Å². The Kier molecular flexibility index (Phi) is 6.93. The molecule has 1 aliphatic heterocycles. The van der Waals surface area contributed by atoms with Crippen molar-refractivity contribution in [2.75, 3.05) is 13.1 Å². The molecule has 1 heterocycles. The standard InChI is InChI=1S/C5H10N.Eu/c1-2-4-6-5-3-1;/h2,6H,1,3-5H2;/q-1;. The molecule has 2 heteroatoms. The predicted molar refractivity (Wildman–Crippen MR) is 26.4 cm³/mol. The fraction of sp³-hybridized carbons (Fsp3) is 0.800. The van der Waals surface area contributed by atoms with Gasteiger partial charge in [-0.25, -0.2) is 0 Å². The third kappa shape index (κ3) is 4.07. The third-order valence-corrected chi connectivity index (χ3v) is 1.05. The van der Waals surface area contributed by atoms with E-state index in [2.05, 4.69) is 11.7 Å². The molecule has 1 nitrogen and oxygen atoms in total. The van der Waals surface area contributed by atoms with Gasteiger partial charge in [-0.1, -0.05) is 6.42 Å². The number of rotatable bonds is 0. The fourth-order valence-electron chi connectivity index (χ4n) is 0.678. The summed E-state index contributed by atoms with van der Waals surface area (Å²) in [5, 5.41) is 3.23. The average molecular weight is 236 g/mol. The maximum absolute atomic E-state index is 3.23. The van der Waals surface area contributed by atoms with E-state index in [-0.39, 0.29) is 49.4 Å². The van der Waals surface area contributed by atoms with Crippen molar-refractivity contribution in [3.8, 4) is 0 Å². The van der Waals surface area contributed by atoms with E-state index in [9.17, 15) is 0 Å². The zero-order valence-electron chi connectivity index (χ0n) is 4.28. The van der Waals surface area contributed by atoms with Crippen molar-refractivity contribution in [2.45, 2.75) is 12.8 Å². The number of hydrogen-bond donors (Lipinski definition) is 1. The average Bonchev–Trinajstić information content (AvgIpc) is 1.72. The molecule has 0 aromatic rings. The Morgan fingerprint density at radius 2 is 2.29 bits per heavy atom. The minimum absolute atomic E-state index is 0. The number of nitrogens with one attached hydrogen (secondary N) is 1. The van der Waals surface area contributed by atoms with Gasteiger partial charge in [0, 0.05) is 49.4 Å². The SMILES string of the molecule is [CH-]1CCCNC1.[Eu]. The van der Waals surface area contributed by atoms with Crippen LogP contribution in [0.1, 0.15) is 12.8 Å². The van der Waals surface area contributed by atoms with Gasteiger partial charge in [0.2, 0.25) is 0 Å². The Bertz CT molecular complexity index is 23.6. The van der Waals surface area contributed by atoms with Gasteiger partial charge in [0.1, 0.15) is 0 Å². The normalized spacial score (nSPS) is 20.6. The van der Waals surface area contributed by atoms with Crippen molar-refractivity contribution < 1.29 is 49.4 Å². The first-order valence-electron chi connectivity index (χ1n) is 2.52. The molecule has 0 bridgehead atoms. The van der Waals surface area contributed by atoms with Crippen LogP contribution in [-0.2, 0) is 0 Å². The van der Waals surface area contributed by atoms with Crippen LogP contribution in [0.3, 0.4) is 0 Å². The predicted octanol–water partition coefficient (Wildman–Crippen LogP) is 0.574. The Morgan fingerprint density at radius 1 is 1.43 bits per heavy atom.